The van der Waals surface area contributed by atoms with E-state index in [1.165, 1.54) is 0 Å². The molecule has 0 atom stereocenters. The summed E-state index contributed by atoms with van der Waals surface area (Å²) in [5.74, 6) is 0. The van der Waals surface area contributed by atoms with Gasteiger partial charge in [-0.25, -0.2) is 0 Å². The monoisotopic (exact) mass is 236 g/mol. The van der Waals surface area contributed by atoms with Gasteiger partial charge in [0.1, 0.15) is 17.7 Å². The van der Waals surface area contributed by atoms with Crippen molar-refractivity contribution < 1.29 is 0 Å². The van der Waals surface area contributed by atoms with E-state index in [-0.39, 0.29) is 5.57 Å². The zero-order chi connectivity index (χ0) is 12.1. The lowest BCUT2D eigenvalue weighted by Crippen LogP contribution is -1.81. The minimum Gasteiger partial charge on any atom is -0.192 e. The quantitative estimate of drug-likeness (QED) is 0.743. The smallest absolute Gasteiger partial charge is 0.130 e. The summed E-state index contributed by atoms with van der Waals surface area (Å²) in [4.78, 5) is 1.13. The number of rotatable bonds is 2. The highest BCUT2D eigenvalue weighted by atomic mass is 32.1. The second kappa shape index (κ2) is 5.12. The van der Waals surface area contributed by atoms with E-state index in [4.69, 9.17) is 10.5 Å². The normalized spacial score (nSPS) is 9.06. The Hall–Kier alpha value is -2.36. The maximum Gasteiger partial charge on any atom is 0.130 e. The first-order valence-electron chi connectivity index (χ1n) is 5.00. The van der Waals surface area contributed by atoms with Gasteiger partial charge in [0.2, 0.25) is 0 Å². The summed E-state index contributed by atoms with van der Waals surface area (Å²) in [5.41, 5.74) is 2.06. The number of nitriles is 2. The Labute approximate surface area is 104 Å². The van der Waals surface area contributed by atoms with Crippen molar-refractivity contribution in [3.8, 4) is 22.6 Å². The average molecular weight is 236 g/mol. The van der Waals surface area contributed by atoms with Crippen LogP contribution in [0.2, 0.25) is 0 Å². The first-order valence-corrected chi connectivity index (χ1v) is 5.88. The lowest BCUT2D eigenvalue weighted by Gasteiger charge is -2.02. The van der Waals surface area contributed by atoms with Gasteiger partial charge in [0.25, 0.3) is 0 Å². The van der Waals surface area contributed by atoms with Gasteiger partial charge in [-0.3, -0.25) is 0 Å². The van der Waals surface area contributed by atoms with E-state index in [1.54, 1.807) is 17.4 Å². The maximum absolute atomic E-state index is 8.77. The molecule has 0 unspecified atom stereocenters. The second-order valence-corrected chi connectivity index (χ2v) is 4.29. The van der Waals surface area contributed by atoms with Crippen LogP contribution in [0.25, 0.3) is 16.5 Å². The number of hydrogen-bond donors (Lipinski definition) is 0. The van der Waals surface area contributed by atoms with Crippen LogP contribution in [0, 0.1) is 22.7 Å². The molecule has 0 saturated heterocycles. The fourth-order valence-corrected chi connectivity index (χ4v) is 2.30. The Morgan fingerprint density at radius 1 is 1.06 bits per heavy atom. The van der Waals surface area contributed by atoms with Crippen molar-refractivity contribution in [2.45, 2.75) is 0 Å². The molecule has 80 valence electrons. The molecular formula is C14H8N2S. The molecule has 3 heteroatoms. The van der Waals surface area contributed by atoms with Crippen LogP contribution in [0.3, 0.4) is 0 Å². The van der Waals surface area contributed by atoms with Crippen LogP contribution >= 0.6 is 11.3 Å². The maximum atomic E-state index is 8.77. The molecule has 0 radical (unpaired) electrons. The molecule has 2 aromatic rings. The first-order chi connectivity index (χ1) is 8.35. The van der Waals surface area contributed by atoms with Crippen molar-refractivity contribution in [1.82, 2.24) is 0 Å². The molecule has 0 N–H and O–H groups in total. The van der Waals surface area contributed by atoms with E-state index in [0.717, 1.165) is 16.0 Å². The minimum absolute atomic E-state index is 0.119. The van der Waals surface area contributed by atoms with Crippen molar-refractivity contribution in [3.05, 3.63) is 52.9 Å². The summed E-state index contributed by atoms with van der Waals surface area (Å²) in [7, 11) is 0. The van der Waals surface area contributed by atoms with Crippen molar-refractivity contribution >= 4 is 17.4 Å². The van der Waals surface area contributed by atoms with Crippen LogP contribution in [0.15, 0.2) is 47.4 Å². The number of nitrogens with zero attached hydrogens (tertiary/aromatic N) is 2. The molecule has 0 amide bonds. The van der Waals surface area contributed by atoms with Gasteiger partial charge >= 0.3 is 0 Å². The Morgan fingerprint density at radius 3 is 2.47 bits per heavy atom. The zero-order valence-corrected chi connectivity index (χ0v) is 9.74. The van der Waals surface area contributed by atoms with Gasteiger partial charge < -0.3 is 0 Å². The molecule has 0 aliphatic heterocycles. The fraction of sp³-hybridized carbons (Fsp3) is 0. The van der Waals surface area contributed by atoms with Crippen LogP contribution in [-0.4, -0.2) is 0 Å². The summed E-state index contributed by atoms with van der Waals surface area (Å²) in [6, 6.07) is 15.5. The van der Waals surface area contributed by atoms with E-state index in [2.05, 4.69) is 0 Å². The van der Waals surface area contributed by atoms with Gasteiger partial charge in [-0.2, -0.15) is 10.5 Å². The first kappa shape index (κ1) is 11.1. The second-order valence-electron chi connectivity index (χ2n) is 3.35. The Kier molecular flexibility index (Phi) is 3.35. The molecule has 1 aromatic carbocycles. The standard InChI is InChI=1S/C14H8N2S/c15-9-11(10-16)8-12-4-1-2-5-13(12)14-6-3-7-17-14/h1-8H. The van der Waals surface area contributed by atoms with E-state index < -0.39 is 0 Å². The molecule has 0 bridgehead atoms. The van der Waals surface area contributed by atoms with Crippen LogP contribution in [0.5, 0.6) is 0 Å². The van der Waals surface area contributed by atoms with Crippen LogP contribution < -0.4 is 0 Å². The molecule has 2 rings (SSSR count). The van der Waals surface area contributed by atoms with Gasteiger partial charge in [-0.15, -0.1) is 11.3 Å². The van der Waals surface area contributed by atoms with Crippen LogP contribution in [0.4, 0.5) is 0 Å². The largest absolute Gasteiger partial charge is 0.192 e. The summed E-state index contributed by atoms with van der Waals surface area (Å²) in [6.45, 7) is 0. The lowest BCUT2D eigenvalue weighted by atomic mass is 10.0. The van der Waals surface area contributed by atoms with Crippen LogP contribution in [-0.2, 0) is 0 Å². The highest BCUT2D eigenvalue weighted by Gasteiger charge is 2.04. The molecule has 2 nitrogen and oxygen atoms in total. The van der Waals surface area contributed by atoms with Crippen molar-refractivity contribution in [3.63, 3.8) is 0 Å². The van der Waals surface area contributed by atoms with Gasteiger partial charge in [0.15, 0.2) is 0 Å². The van der Waals surface area contributed by atoms with Crippen LogP contribution in [0.1, 0.15) is 5.56 Å². The lowest BCUT2D eigenvalue weighted by molar-refractivity contribution is 1.47. The third-order valence-electron chi connectivity index (χ3n) is 2.29. The van der Waals surface area contributed by atoms with Gasteiger partial charge in [-0.05, 0) is 28.6 Å². The predicted molar refractivity (Wildman–Crippen MR) is 69.0 cm³/mol. The third kappa shape index (κ3) is 2.42. The van der Waals surface area contributed by atoms with Crippen molar-refractivity contribution in [1.29, 1.82) is 10.5 Å². The number of thiophene rings is 1. The molecule has 0 spiro atoms. The van der Waals surface area contributed by atoms with E-state index >= 15 is 0 Å². The SMILES string of the molecule is N#CC(C#N)=Cc1ccccc1-c1cccs1. The zero-order valence-electron chi connectivity index (χ0n) is 8.92. The molecule has 1 aromatic heterocycles. The van der Waals surface area contributed by atoms with Gasteiger partial charge in [0.05, 0.1) is 0 Å². The van der Waals surface area contributed by atoms with Crippen molar-refractivity contribution in [2.75, 3.05) is 0 Å². The summed E-state index contributed by atoms with van der Waals surface area (Å²) in [5, 5.41) is 19.5. The van der Waals surface area contributed by atoms with E-state index in [0.29, 0.717) is 0 Å². The highest BCUT2D eigenvalue weighted by molar-refractivity contribution is 7.13. The van der Waals surface area contributed by atoms with Crippen molar-refractivity contribution in [2.24, 2.45) is 0 Å². The molecule has 0 fully saturated rings. The molecular weight excluding hydrogens is 228 g/mol. The summed E-state index contributed by atoms with van der Waals surface area (Å²) < 4.78 is 0. The van der Waals surface area contributed by atoms with E-state index in [9.17, 15) is 0 Å². The topological polar surface area (TPSA) is 47.6 Å². The van der Waals surface area contributed by atoms with E-state index in [1.807, 2.05) is 53.9 Å². The highest BCUT2D eigenvalue weighted by Crippen LogP contribution is 2.29. The summed E-state index contributed by atoms with van der Waals surface area (Å²) in [6.07, 6.45) is 1.62. The third-order valence-corrected chi connectivity index (χ3v) is 3.19. The number of allylic oxidation sites excluding steroid dienone is 1. The molecule has 0 aliphatic carbocycles. The molecule has 0 aliphatic rings. The van der Waals surface area contributed by atoms with Gasteiger partial charge in [0, 0.05) is 4.88 Å². The Bertz CT molecular complexity index is 609. The average Bonchev–Trinajstić information content (AvgIpc) is 2.90. The minimum atomic E-state index is 0.119. The Balaban J connectivity index is 2.54. The molecule has 17 heavy (non-hydrogen) atoms. The fourth-order valence-electron chi connectivity index (χ4n) is 1.52. The van der Waals surface area contributed by atoms with Gasteiger partial charge in [-0.1, -0.05) is 30.3 Å². The molecule has 0 saturated carbocycles. The number of benzene rings is 1. The predicted octanol–water partition coefficient (Wildman–Crippen LogP) is 3.85. The number of hydrogen-bond acceptors (Lipinski definition) is 3. The molecule has 1 heterocycles. The Morgan fingerprint density at radius 2 is 1.82 bits per heavy atom. The summed E-state index contributed by atoms with van der Waals surface area (Å²) >= 11 is 1.64.